The SMILES string of the molecule is C[C](C)CN1CCc2cc(CBr)ccc2C1. The Morgan fingerprint density at radius 3 is 2.81 bits per heavy atom. The van der Waals surface area contributed by atoms with Crippen LogP contribution in [0.25, 0.3) is 0 Å². The van der Waals surface area contributed by atoms with Crippen LogP contribution < -0.4 is 0 Å². The summed E-state index contributed by atoms with van der Waals surface area (Å²) >= 11 is 3.52. The molecule has 0 aromatic heterocycles. The molecule has 1 aliphatic rings. The van der Waals surface area contributed by atoms with Gasteiger partial charge in [-0.05, 0) is 29.0 Å². The molecule has 0 N–H and O–H groups in total. The van der Waals surface area contributed by atoms with Crippen molar-refractivity contribution < 1.29 is 0 Å². The van der Waals surface area contributed by atoms with Crippen LogP contribution in [-0.2, 0) is 18.3 Å². The lowest BCUT2D eigenvalue weighted by Gasteiger charge is -2.30. The highest BCUT2D eigenvalue weighted by Crippen LogP contribution is 2.22. The van der Waals surface area contributed by atoms with Crippen molar-refractivity contribution in [3.8, 4) is 0 Å². The summed E-state index contributed by atoms with van der Waals surface area (Å²) in [6.07, 6.45) is 1.20. The first-order chi connectivity index (χ1) is 7.69. The van der Waals surface area contributed by atoms with Crippen LogP contribution in [0.2, 0.25) is 0 Å². The number of hydrogen-bond acceptors (Lipinski definition) is 1. The molecule has 1 aliphatic heterocycles. The number of nitrogens with zero attached hydrogens (tertiary/aromatic N) is 1. The highest BCUT2D eigenvalue weighted by molar-refractivity contribution is 9.08. The summed E-state index contributed by atoms with van der Waals surface area (Å²) in [5.74, 6) is 1.50. The molecule has 16 heavy (non-hydrogen) atoms. The summed E-state index contributed by atoms with van der Waals surface area (Å²) in [5.41, 5.74) is 4.45. The molecule has 0 unspecified atom stereocenters. The van der Waals surface area contributed by atoms with Crippen molar-refractivity contribution in [2.24, 2.45) is 0 Å². The van der Waals surface area contributed by atoms with E-state index in [1.54, 1.807) is 5.56 Å². The van der Waals surface area contributed by atoms with Gasteiger partial charge in [0.25, 0.3) is 0 Å². The Morgan fingerprint density at radius 1 is 1.31 bits per heavy atom. The van der Waals surface area contributed by atoms with Crippen LogP contribution >= 0.6 is 15.9 Å². The van der Waals surface area contributed by atoms with Crippen LogP contribution in [0.1, 0.15) is 30.5 Å². The molecule has 1 aromatic carbocycles. The number of rotatable bonds is 3. The van der Waals surface area contributed by atoms with Gasteiger partial charge in [-0.2, -0.15) is 0 Å². The Kier molecular flexibility index (Phi) is 4.04. The van der Waals surface area contributed by atoms with E-state index >= 15 is 0 Å². The van der Waals surface area contributed by atoms with E-state index in [0.717, 1.165) is 18.4 Å². The van der Waals surface area contributed by atoms with Gasteiger partial charge in [0.2, 0.25) is 0 Å². The average molecular weight is 281 g/mol. The number of hydrogen-bond donors (Lipinski definition) is 0. The van der Waals surface area contributed by atoms with Gasteiger partial charge in [-0.15, -0.1) is 0 Å². The third-order valence-electron chi connectivity index (χ3n) is 3.06. The lowest BCUT2D eigenvalue weighted by Crippen LogP contribution is -2.32. The maximum atomic E-state index is 3.52. The zero-order valence-electron chi connectivity index (χ0n) is 10.1. The molecule has 1 heterocycles. The molecule has 0 aliphatic carbocycles. The van der Waals surface area contributed by atoms with Gasteiger partial charge in [-0.25, -0.2) is 0 Å². The monoisotopic (exact) mass is 280 g/mol. The first kappa shape index (κ1) is 12.1. The molecular weight excluding hydrogens is 262 g/mol. The summed E-state index contributed by atoms with van der Waals surface area (Å²) < 4.78 is 0. The molecule has 0 bridgehead atoms. The van der Waals surface area contributed by atoms with Crippen LogP contribution in [0.3, 0.4) is 0 Å². The van der Waals surface area contributed by atoms with Gasteiger partial charge >= 0.3 is 0 Å². The van der Waals surface area contributed by atoms with Crippen LogP contribution in [0.15, 0.2) is 18.2 Å². The standard InChI is InChI=1S/C14H19BrN/c1-11(2)9-16-6-5-13-7-12(8-15)3-4-14(13)10-16/h3-4,7H,5-6,8-10H2,1-2H3. The van der Waals surface area contributed by atoms with Gasteiger partial charge in [-0.3, -0.25) is 4.90 Å². The van der Waals surface area contributed by atoms with Gasteiger partial charge in [0.05, 0.1) is 0 Å². The van der Waals surface area contributed by atoms with Crippen LogP contribution in [0, 0.1) is 5.92 Å². The molecule has 0 amide bonds. The fraction of sp³-hybridized carbons (Fsp3) is 0.500. The quantitative estimate of drug-likeness (QED) is 0.766. The zero-order valence-corrected chi connectivity index (χ0v) is 11.7. The van der Waals surface area contributed by atoms with Gasteiger partial charge in [0, 0.05) is 25.0 Å². The van der Waals surface area contributed by atoms with E-state index < -0.39 is 0 Å². The fourth-order valence-electron chi connectivity index (χ4n) is 2.33. The minimum absolute atomic E-state index is 0.964. The molecule has 2 heteroatoms. The maximum Gasteiger partial charge on any atom is 0.0283 e. The highest BCUT2D eigenvalue weighted by atomic mass is 79.9. The zero-order chi connectivity index (χ0) is 11.5. The first-order valence-corrected chi connectivity index (χ1v) is 6.99. The van der Waals surface area contributed by atoms with Crippen molar-refractivity contribution in [3.05, 3.63) is 40.8 Å². The molecular formula is C14H19BrN. The summed E-state index contributed by atoms with van der Waals surface area (Å²) in [5, 5.41) is 0.964. The van der Waals surface area contributed by atoms with Crippen molar-refractivity contribution in [1.82, 2.24) is 4.90 Å². The van der Waals surface area contributed by atoms with E-state index in [1.165, 1.54) is 30.0 Å². The van der Waals surface area contributed by atoms with Crippen LogP contribution in [0.4, 0.5) is 0 Å². The summed E-state index contributed by atoms with van der Waals surface area (Å²) in [4.78, 5) is 2.53. The molecule has 87 valence electrons. The Morgan fingerprint density at radius 2 is 2.12 bits per heavy atom. The molecule has 1 radical (unpaired) electrons. The van der Waals surface area contributed by atoms with Gasteiger partial charge in [0.15, 0.2) is 0 Å². The Hall–Kier alpha value is -0.340. The predicted molar refractivity (Wildman–Crippen MR) is 72.6 cm³/mol. The summed E-state index contributed by atoms with van der Waals surface area (Å²) in [7, 11) is 0. The molecule has 0 saturated carbocycles. The average Bonchev–Trinajstić information content (AvgIpc) is 2.27. The smallest absolute Gasteiger partial charge is 0.0283 e. The third kappa shape index (κ3) is 2.86. The van der Waals surface area contributed by atoms with E-state index in [1.807, 2.05) is 0 Å². The van der Waals surface area contributed by atoms with Gasteiger partial charge in [0.1, 0.15) is 0 Å². The van der Waals surface area contributed by atoms with E-state index in [4.69, 9.17) is 0 Å². The van der Waals surface area contributed by atoms with Crippen molar-refractivity contribution in [1.29, 1.82) is 0 Å². The van der Waals surface area contributed by atoms with Crippen molar-refractivity contribution >= 4 is 15.9 Å². The minimum atomic E-state index is 0.964. The molecule has 0 atom stereocenters. The van der Waals surface area contributed by atoms with Crippen molar-refractivity contribution in [3.63, 3.8) is 0 Å². The maximum absolute atomic E-state index is 3.52. The predicted octanol–water partition coefficient (Wildman–Crippen LogP) is 3.55. The number of benzene rings is 1. The molecule has 2 rings (SSSR count). The third-order valence-corrected chi connectivity index (χ3v) is 3.70. The summed E-state index contributed by atoms with van der Waals surface area (Å²) in [6, 6.07) is 6.88. The van der Waals surface area contributed by atoms with Gasteiger partial charge < -0.3 is 0 Å². The molecule has 1 aromatic rings. The van der Waals surface area contributed by atoms with E-state index in [0.29, 0.717) is 0 Å². The number of fused-ring (bicyclic) bond motifs is 1. The van der Waals surface area contributed by atoms with Crippen molar-refractivity contribution in [2.75, 3.05) is 13.1 Å². The fourth-order valence-corrected chi connectivity index (χ4v) is 2.68. The second-order valence-electron chi connectivity index (χ2n) is 4.90. The van der Waals surface area contributed by atoms with E-state index in [9.17, 15) is 0 Å². The second kappa shape index (κ2) is 5.33. The minimum Gasteiger partial charge on any atom is -0.298 e. The number of alkyl halides is 1. The molecule has 0 saturated heterocycles. The van der Waals surface area contributed by atoms with Crippen molar-refractivity contribution in [2.45, 2.75) is 32.1 Å². The van der Waals surface area contributed by atoms with Crippen LogP contribution in [-0.4, -0.2) is 18.0 Å². The Labute approximate surface area is 107 Å². The number of halogens is 1. The lowest BCUT2D eigenvalue weighted by atomic mass is 9.97. The first-order valence-electron chi connectivity index (χ1n) is 5.87. The lowest BCUT2D eigenvalue weighted by molar-refractivity contribution is 0.264. The largest absolute Gasteiger partial charge is 0.298 e. The molecule has 1 nitrogen and oxygen atoms in total. The van der Waals surface area contributed by atoms with Crippen LogP contribution in [0.5, 0.6) is 0 Å². The van der Waals surface area contributed by atoms with E-state index in [2.05, 4.69) is 52.9 Å². The molecule has 0 fully saturated rings. The molecule has 0 spiro atoms. The van der Waals surface area contributed by atoms with Gasteiger partial charge in [-0.1, -0.05) is 48.0 Å². The van der Waals surface area contributed by atoms with E-state index in [-0.39, 0.29) is 0 Å². The second-order valence-corrected chi connectivity index (χ2v) is 5.47. The highest BCUT2D eigenvalue weighted by Gasteiger charge is 2.16. The Bertz CT molecular complexity index is 360. The normalized spacial score (nSPS) is 16.5. The Balaban J connectivity index is 2.09. The topological polar surface area (TPSA) is 3.24 Å². The summed E-state index contributed by atoms with van der Waals surface area (Å²) in [6.45, 7) is 7.87.